The number of hydrogen-bond acceptors (Lipinski definition) is 6. The summed E-state index contributed by atoms with van der Waals surface area (Å²) in [6.07, 6.45) is 6.43. The van der Waals surface area contributed by atoms with E-state index in [-0.39, 0.29) is 17.5 Å². The lowest BCUT2D eigenvalue weighted by Gasteiger charge is -2.34. The zero-order chi connectivity index (χ0) is 24.4. The highest BCUT2D eigenvalue weighted by molar-refractivity contribution is 5.83. The van der Waals surface area contributed by atoms with E-state index in [1.807, 2.05) is 30.3 Å². The molecule has 1 N–H and O–H groups in total. The number of aromatic nitrogens is 3. The van der Waals surface area contributed by atoms with Crippen molar-refractivity contribution in [1.82, 2.24) is 15.2 Å². The first kappa shape index (κ1) is 23.2. The minimum absolute atomic E-state index is 0.198. The zero-order valence-corrected chi connectivity index (χ0v) is 19.8. The van der Waals surface area contributed by atoms with E-state index in [1.165, 1.54) is 6.07 Å². The molecular formula is C27H28F2N4O2. The van der Waals surface area contributed by atoms with Gasteiger partial charge in [0.05, 0.1) is 7.11 Å². The number of methoxy groups -OCH3 is 1. The summed E-state index contributed by atoms with van der Waals surface area (Å²) in [5.41, 5.74) is 2.05. The van der Waals surface area contributed by atoms with Crippen LogP contribution < -0.4 is 10.1 Å². The highest BCUT2D eigenvalue weighted by Gasteiger charge is 2.29. The Morgan fingerprint density at radius 1 is 1.06 bits per heavy atom. The highest BCUT2D eigenvalue weighted by Crippen LogP contribution is 2.40. The predicted molar refractivity (Wildman–Crippen MR) is 130 cm³/mol. The second-order valence-electron chi connectivity index (χ2n) is 9.10. The van der Waals surface area contributed by atoms with Gasteiger partial charge in [0.2, 0.25) is 5.89 Å². The summed E-state index contributed by atoms with van der Waals surface area (Å²) in [6.45, 7) is 2.15. The lowest BCUT2D eigenvalue weighted by Crippen LogP contribution is -2.31. The van der Waals surface area contributed by atoms with Crippen molar-refractivity contribution < 1.29 is 17.9 Å². The van der Waals surface area contributed by atoms with E-state index in [0.29, 0.717) is 23.2 Å². The quantitative estimate of drug-likeness (QED) is 0.317. The van der Waals surface area contributed by atoms with Gasteiger partial charge in [0.25, 0.3) is 0 Å². The summed E-state index contributed by atoms with van der Waals surface area (Å²) in [4.78, 5) is 4.13. The van der Waals surface area contributed by atoms with Gasteiger partial charge in [0.15, 0.2) is 5.82 Å². The topological polar surface area (TPSA) is 73.1 Å². The van der Waals surface area contributed by atoms with Crippen molar-refractivity contribution in [3.63, 3.8) is 0 Å². The van der Waals surface area contributed by atoms with E-state index in [0.717, 1.165) is 55.0 Å². The third-order valence-corrected chi connectivity index (χ3v) is 7.09. The van der Waals surface area contributed by atoms with Crippen molar-refractivity contribution in [3.8, 4) is 17.2 Å². The number of anilines is 1. The Kier molecular flexibility index (Phi) is 6.61. The van der Waals surface area contributed by atoms with E-state index < -0.39 is 11.6 Å². The number of halogens is 2. The maximum absolute atomic E-state index is 14.2. The van der Waals surface area contributed by atoms with Crippen LogP contribution in [0.25, 0.3) is 22.4 Å². The summed E-state index contributed by atoms with van der Waals surface area (Å²) < 4.78 is 39.2. The van der Waals surface area contributed by atoms with Gasteiger partial charge in [0, 0.05) is 29.3 Å². The Balaban J connectivity index is 1.25. The number of ether oxygens (including phenoxy) is 1. The molecule has 182 valence electrons. The molecule has 0 bridgehead atoms. The molecule has 35 heavy (non-hydrogen) atoms. The fourth-order valence-electron chi connectivity index (χ4n) is 5.23. The molecule has 0 saturated heterocycles. The zero-order valence-electron chi connectivity index (χ0n) is 19.8. The van der Waals surface area contributed by atoms with Crippen molar-refractivity contribution in [3.05, 3.63) is 65.9 Å². The van der Waals surface area contributed by atoms with Crippen LogP contribution in [0.3, 0.4) is 0 Å². The first-order chi connectivity index (χ1) is 17.1. The number of fused-ring (bicyclic) bond motifs is 1. The van der Waals surface area contributed by atoms with Gasteiger partial charge in [-0.25, -0.2) is 8.78 Å². The minimum atomic E-state index is -0.612. The normalized spacial score (nSPS) is 19.0. The van der Waals surface area contributed by atoms with Gasteiger partial charge < -0.3 is 14.5 Å². The van der Waals surface area contributed by atoms with Crippen molar-refractivity contribution in [1.29, 1.82) is 0 Å². The van der Waals surface area contributed by atoms with Crippen molar-refractivity contribution in [2.75, 3.05) is 12.4 Å². The van der Waals surface area contributed by atoms with Crippen LogP contribution in [0.4, 0.5) is 14.8 Å². The number of pyridine rings is 1. The number of hydrogen-bond donors (Lipinski definition) is 1. The van der Waals surface area contributed by atoms with E-state index in [2.05, 4.69) is 27.4 Å². The van der Waals surface area contributed by atoms with Gasteiger partial charge >= 0.3 is 6.01 Å². The standard InChI is InChI=1S/C27H28F2N4O2/c1-3-24(31-27-33-32-26(35-27)18-8-10-20(34-2)11-9-18)17-6-4-16(5-7-17)21-12-13-30-25-22(21)14-19(28)15-23(25)29/h8-17,24H,3-7H2,1-2H3,(H,31,33). The van der Waals surface area contributed by atoms with Gasteiger partial charge in [-0.2, -0.15) is 0 Å². The van der Waals surface area contributed by atoms with Crippen LogP contribution in [-0.4, -0.2) is 28.3 Å². The number of nitrogens with one attached hydrogen (secondary N) is 1. The van der Waals surface area contributed by atoms with Crippen LogP contribution in [0.2, 0.25) is 0 Å². The number of nitrogens with zero attached hydrogens (tertiary/aromatic N) is 3. The van der Waals surface area contributed by atoms with E-state index in [4.69, 9.17) is 9.15 Å². The molecule has 2 aromatic carbocycles. The van der Waals surface area contributed by atoms with E-state index >= 15 is 0 Å². The van der Waals surface area contributed by atoms with Crippen LogP contribution in [-0.2, 0) is 0 Å². The molecule has 6 nitrogen and oxygen atoms in total. The van der Waals surface area contributed by atoms with Crippen LogP contribution in [0.1, 0.15) is 50.5 Å². The first-order valence-electron chi connectivity index (χ1n) is 12.0. The lowest BCUT2D eigenvalue weighted by molar-refractivity contribution is 0.286. The molecule has 4 aromatic rings. The molecule has 8 heteroatoms. The summed E-state index contributed by atoms with van der Waals surface area (Å²) in [5, 5.41) is 12.4. The predicted octanol–water partition coefficient (Wildman–Crippen LogP) is 6.74. The summed E-state index contributed by atoms with van der Waals surface area (Å²) >= 11 is 0. The monoisotopic (exact) mass is 478 g/mol. The molecule has 1 fully saturated rings. The molecule has 1 aliphatic carbocycles. The molecule has 2 heterocycles. The fraction of sp³-hybridized carbons (Fsp3) is 0.370. The van der Waals surface area contributed by atoms with Crippen molar-refractivity contribution in [2.45, 2.75) is 51.0 Å². The second-order valence-corrected chi connectivity index (χ2v) is 9.10. The Bertz CT molecular complexity index is 1300. The number of rotatable bonds is 7. The smallest absolute Gasteiger partial charge is 0.315 e. The molecule has 5 rings (SSSR count). The maximum Gasteiger partial charge on any atom is 0.315 e. The molecule has 0 amide bonds. The molecule has 1 saturated carbocycles. The Hall–Kier alpha value is -3.55. The fourth-order valence-corrected chi connectivity index (χ4v) is 5.23. The average Bonchev–Trinajstić information content (AvgIpc) is 3.36. The highest BCUT2D eigenvalue weighted by atomic mass is 19.1. The molecular weight excluding hydrogens is 450 g/mol. The minimum Gasteiger partial charge on any atom is -0.497 e. The Morgan fingerprint density at radius 3 is 2.54 bits per heavy atom. The van der Waals surface area contributed by atoms with Gasteiger partial charge in [-0.3, -0.25) is 4.98 Å². The van der Waals surface area contributed by atoms with Gasteiger partial charge in [0.1, 0.15) is 17.1 Å². The molecule has 0 aliphatic heterocycles. The van der Waals surface area contributed by atoms with Gasteiger partial charge in [-0.05, 0) is 85.9 Å². The van der Waals surface area contributed by atoms with E-state index in [9.17, 15) is 8.78 Å². The molecule has 1 unspecified atom stereocenters. The van der Waals surface area contributed by atoms with Gasteiger partial charge in [-0.1, -0.05) is 12.0 Å². The summed E-state index contributed by atoms with van der Waals surface area (Å²) in [6, 6.07) is 12.3. The SMILES string of the molecule is CCC(Nc1nnc(-c2ccc(OC)cc2)o1)C1CCC(c2ccnc3c(F)cc(F)cc23)CC1. The summed E-state index contributed by atoms with van der Waals surface area (Å²) in [5.74, 6) is 0.733. The average molecular weight is 479 g/mol. The molecule has 0 radical (unpaired) electrons. The van der Waals surface area contributed by atoms with Crippen molar-refractivity contribution in [2.24, 2.45) is 5.92 Å². The third kappa shape index (κ3) is 4.83. The van der Waals surface area contributed by atoms with E-state index in [1.54, 1.807) is 13.3 Å². The molecule has 2 aromatic heterocycles. The Morgan fingerprint density at radius 2 is 1.83 bits per heavy atom. The number of benzene rings is 2. The third-order valence-electron chi connectivity index (χ3n) is 7.09. The molecule has 0 spiro atoms. The van der Waals surface area contributed by atoms with Crippen LogP contribution in [0.15, 0.2) is 53.1 Å². The first-order valence-corrected chi connectivity index (χ1v) is 12.0. The van der Waals surface area contributed by atoms with Crippen LogP contribution in [0, 0.1) is 17.6 Å². The molecule has 1 atom stereocenters. The largest absolute Gasteiger partial charge is 0.497 e. The van der Waals surface area contributed by atoms with Crippen LogP contribution in [0.5, 0.6) is 5.75 Å². The summed E-state index contributed by atoms with van der Waals surface area (Å²) in [7, 11) is 1.63. The maximum atomic E-state index is 14.2. The molecule has 1 aliphatic rings. The van der Waals surface area contributed by atoms with Crippen LogP contribution >= 0.6 is 0 Å². The Labute approximate surface area is 202 Å². The lowest BCUT2D eigenvalue weighted by atomic mass is 9.75. The second kappa shape index (κ2) is 9.98. The van der Waals surface area contributed by atoms with Crippen molar-refractivity contribution >= 4 is 16.9 Å². The van der Waals surface area contributed by atoms with Gasteiger partial charge in [-0.15, -0.1) is 5.10 Å².